The molecule has 0 aromatic heterocycles. The van der Waals surface area contributed by atoms with Crippen molar-refractivity contribution in [2.45, 2.75) is 19.4 Å². The standard InChI is InChI=1S/C28H23ClFNO3/c29-25-5-3-6-26(30)24(25)18-34-22-16-12-20(13-17-22)9-8-19-10-14-21(15-11-19)31-27-7-2-1-4-23(27)28(32)33/h1-7,10-17,31H,8-9,18H2,(H,32,33). The number of rotatable bonds is 9. The van der Waals surface area contributed by atoms with Gasteiger partial charge < -0.3 is 15.2 Å². The van der Waals surface area contributed by atoms with Gasteiger partial charge in [-0.15, -0.1) is 0 Å². The van der Waals surface area contributed by atoms with Crippen LogP contribution >= 0.6 is 11.6 Å². The minimum atomic E-state index is -0.966. The first kappa shape index (κ1) is 23.3. The van der Waals surface area contributed by atoms with E-state index < -0.39 is 5.97 Å². The van der Waals surface area contributed by atoms with Crippen LogP contribution in [-0.4, -0.2) is 11.1 Å². The molecule has 0 aliphatic rings. The summed E-state index contributed by atoms with van der Waals surface area (Å²) in [6, 6.07) is 27.1. The number of benzene rings is 4. The van der Waals surface area contributed by atoms with E-state index in [2.05, 4.69) is 5.32 Å². The molecule has 4 aromatic rings. The highest BCUT2D eigenvalue weighted by Gasteiger charge is 2.09. The highest BCUT2D eigenvalue weighted by Crippen LogP contribution is 2.23. The molecule has 0 bridgehead atoms. The van der Waals surface area contributed by atoms with Crippen molar-refractivity contribution < 1.29 is 19.0 Å². The Balaban J connectivity index is 1.30. The fourth-order valence-electron chi connectivity index (χ4n) is 3.56. The molecule has 0 amide bonds. The van der Waals surface area contributed by atoms with Crippen LogP contribution in [0.3, 0.4) is 0 Å². The highest BCUT2D eigenvalue weighted by molar-refractivity contribution is 6.31. The lowest BCUT2D eigenvalue weighted by molar-refractivity contribution is 0.0698. The fourth-order valence-corrected chi connectivity index (χ4v) is 3.77. The van der Waals surface area contributed by atoms with Gasteiger partial charge in [0.1, 0.15) is 18.2 Å². The molecule has 6 heteroatoms. The average Bonchev–Trinajstić information content (AvgIpc) is 2.84. The van der Waals surface area contributed by atoms with E-state index in [1.807, 2.05) is 48.5 Å². The summed E-state index contributed by atoms with van der Waals surface area (Å²) in [7, 11) is 0. The summed E-state index contributed by atoms with van der Waals surface area (Å²) in [5.74, 6) is -0.691. The van der Waals surface area contributed by atoms with Crippen molar-refractivity contribution in [3.05, 3.63) is 124 Å². The van der Waals surface area contributed by atoms with Crippen molar-refractivity contribution in [3.8, 4) is 5.75 Å². The second-order valence-electron chi connectivity index (χ2n) is 7.81. The van der Waals surface area contributed by atoms with Gasteiger partial charge in [0.25, 0.3) is 0 Å². The van der Waals surface area contributed by atoms with Crippen LogP contribution < -0.4 is 10.1 Å². The van der Waals surface area contributed by atoms with Gasteiger partial charge in [0.15, 0.2) is 0 Å². The first-order chi connectivity index (χ1) is 16.5. The van der Waals surface area contributed by atoms with Crippen LogP contribution in [0.15, 0.2) is 91.0 Å². The number of anilines is 2. The largest absolute Gasteiger partial charge is 0.489 e. The van der Waals surface area contributed by atoms with E-state index in [1.165, 1.54) is 11.6 Å². The van der Waals surface area contributed by atoms with Gasteiger partial charge in [0, 0.05) is 11.3 Å². The molecule has 0 aliphatic carbocycles. The Labute approximate surface area is 202 Å². The molecule has 0 atom stereocenters. The smallest absolute Gasteiger partial charge is 0.337 e. The van der Waals surface area contributed by atoms with Crippen molar-refractivity contribution in [2.24, 2.45) is 0 Å². The van der Waals surface area contributed by atoms with Crippen LogP contribution in [0.4, 0.5) is 15.8 Å². The van der Waals surface area contributed by atoms with Gasteiger partial charge >= 0.3 is 5.97 Å². The molecule has 0 unspecified atom stereocenters. The van der Waals surface area contributed by atoms with Gasteiger partial charge in [0.05, 0.1) is 16.3 Å². The van der Waals surface area contributed by atoms with E-state index in [0.717, 1.165) is 24.1 Å². The molecule has 0 saturated heterocycles. The lowest BCUT2D eigenvalue weighted by Gasteiger charge is -2.11. The van der Waals surface area contributed by atoms with Crippen LogP contribution in [0.1, 0.15) is 27.0 Å². The maximum atomic E-state index is 13.9. The summed E-state index contributed by atoms with van der Waals surface area (Å²) in [5, 5.41) is 12.8. The van der Waals surface area contributed by atoms with Gasteiger partial charge in [-0.05, 0) is 72.5 Å². The van der Waals surface area contributed by atoms with E-state index in [1.54, 1.807) is 36.4 Å². The summed E-state index contributed by atoms with van der Waals surface area (Å²) < 4.78 is 19.6. The normalized spacial score (nSPS) is 10.6. The lowest BCUT2D eigenvalue weighted by Crippen LogP contribution is -2.02. The van der Waals surface area contributed by atoms with E-state index in [0.29, 0.717) is 22.0 Å². The van der Waals surface area contributed by atoms with Gasteiger partial charge in [-0.1, -0.05) is 54.1 Å². The van der Waals surface area contributed by atoms with Crippen LogP contribution in [0.2, 0.25) is 5.02 Å². The molecule has 0 radical (unpaired) electrons. The SMILES string of the molecule is O=C(O)c1ccccc1Nc1ccc(CCc2ccc(OCc3c(F)cccc3Cl)cc2)cc1. The number of hydrogen-bond acceptors (Lipinski definition) is 3. The maximum absolute atomic E-state index is 13.9. The Morgan fingerprint density at radius 1 is 0.853 bits per heavy atom. The first-order valence-corrected chi connectivity index (χ1v) is 11.2. The van der Waals surface area contributed by atoms with Crippen LogP contribution in [0, 0.1) is 5.82 Å². The summed E-state index contributed by atoms with van der Waals surface area (Å²) in [6.07, 6.45) is 1.71. The number of para-hydroxylation sites is 1. The van der Waals surface area contributed by atoms with Gasteiger partial charge in [-0.2, -0.15) is 0 Å². The Bertz CT molecular complexity index is 1250. The van der Waals surface area contributed by atoms with Crippen molar-refractivity contribution in [1.82, 2.24) is 0 Å². The number of carboxylic acid groups (broad SMARTS) is 1. The topological polar surface area (TPSA) is 58.6 Å². The van der Waals surface area contributed by atoms with E-state index in [-0.39, 0.29) is 18.0 Å². The Kier molecular flexibility index (Phi) is 7.45. The van der Waals surface area contributed by atoms with Gasteiger partial charge in [-0.3, -0.25) is 0 Å². The molecule has 34 heavy (non-hydrogen) atoms. The van der Waals surface area contributed by atoms with Crippen LogP contribution in [0.5, 0.6) is 5.75 Å². The maximum Gasteiger partial charge on any atom is 0.337 e. The third-order valence-corrected chi connectivity index (χ3v) is 5.82. The predicted molar refractivity (Wildman–Crippen MR) is 133 cm³/mol. The van der Waals surface area contributed by atoms with Crippen molar-refractivity contribution in [2.75, 3.05) is 5.32 Å². The van der Waals surface area contributed by atoms with Crippen LogP contribution in [-0.2, 0) is 19.4 Å². The molecular weight excluding hydrogens is 453 g/mol. The van der Waals surface area contributed by atoms with Crippen molar-refractivity contribution in [3.63, 3.8) is 0 Å². The number of aromatic carboxylic acids is 1. The zero-order chi connectivity index (χ0) is 23.9. The molecule has 0 fully saturated rings. The molecule has 0 aliphatic heterocycles. The molecule has 0 heterocycles. The Hall–Kier alpha value is -3.83. The minimum absolute atomic E-state index is 0.0716. The Morgan fingerprint density at radius 3 is 2.15 bits per heavy atom. The summed E-state index contributed by atoms with van der Waals surface area (Å²) in [5.41, 5.74) is 4.30. The number of carboxylic acids is 1. The molecule has 0 saturated carbocycles. The second-order valence-corrected chi connectivity index (χ2v) is 8.21. The number of hydrogen-bond donors (Lipinski definition) is 2. The van der Waals surface area contributed by atoms with E-state index in [4.69, 9.17) is 16.3 Å². The molecule has 4 aromatic carbocycles. The number of nitrogens with one attached hydrogen (secondary N) is 1. The quantitative estimate of drug-likeness (QED) is 0.267. The molecule has 4 rings (SSSR count). The molecular formula is C28H23ClFNO3. The zero-order valence-corrected chi connectivity index (χ0v) is 19.1. The molecule has 2 N–H and O–H groups in total. The highest BCUT2D eigenvalue weighted by atomic mass is 35.5. The minimum Gasteiger partial charge on any atom is -0.489 e. The molecule has 4 nitrogen and oxygen atoms in total. The molecule has 172 valence electrons. The lowest BCUT2D eigenvalue weighted by atomic mass is 10.0. The second kappa shape index (κ2) is 10.9. The molecule has 0 spiro atoms. The van der Waals surface area contributed by atoms with E-state index >= 15 is 0 Å². The van der Waals surface area contributed by atoms with Crippen LogP contribution in [0.25, 0.3) is 0 Å². The Morgan fingerprint density at radius 2 is 1.50 bits per heavy atom. The zero-order valence-electron chi connectivity index (χ0n) is 18.3. The number of aryl methyl sites for hydroxylation is 2. The predicted octanol–water partition coefficient (Wildman–Crippen LogP) is 7.29. The van der Waals surface area contributed by atoms with Gasteiger partial charge in [-0.25, -0.2) is 9.18 Å². The van der Waals surface area contributed by atoms with E-state index in [9.17, 15) is 14.3 Å². The fraction of sp³-hybridized carbons (Fsp3) is 0.107. The summed E-state index contributed by atoms with van der Waals surface area (Å²) in [6.45, 7) is 0.0716. The average molecular weight is 476 g/mol. The van der Waals surface area contributed by atoms with Gasteiger partial charge in [0.2, 0.25) is 0 Å². The third kappa shape index (κ3) is 5.94. The number of halogens is 2. The summed E-state index contributed by atoms with van der Waals surface area (Å²) in [4.78, 5) is 11.4. The first-order valence-electron chi connectivity index (χ1n) is 10.8. The number of carbonyl (C=O) groups is 1. The van der Waals surface area contributed by atoms with Crippen molar-refractivity contribution >= 4 is 28.9 Å². The summed E-state index contributed by atoms with van der Waals surface area (Å²) >= 11 is 6.04. The van der Waals surface area contributed by atoms with Crippen molar-refractivity contribution in [1.29, 1.82) is 0 Å². The monoisotopic (exact) mass is 475 g/mol. The third-order valence-electron chi connectivity index (χ3n) is 5.46. The number of ether oxygens (including phenoxy) is 1.